The van der Waals surface area contributed by atoms with Crippen LogP contribution in [0.5, 0.6) is 0 Å². The Labute approximate surface area is 156 Å². The van der Waals surface area contributed by atoms with Gasteiger partial charge in [-0.15, -0.1) is 0 Å². The molecular weight excluding hydrogens is 358 g/mol. The van der Waals surface area contributed by atoms with Crippen LogP contribution in [0.4, 0.5) is 5.69 Å². The Kier molecular flexibility index (Phi) is 12.6. The first-order valence-corrected chi connectivity index (χ1v) is 10.1. The van der Waals surface area contributed by atoms with Gasteiger partial charge < -0.3 is 10.4 Å². The van der Waals surface area contributed by atoms with Crippen LogP contribution in [0, 0.1) is 0 Å². The van der Waals surface area contributed by atoms with Gasteiger partial charge in [-0.2, -0.15) is 0 Å². The summed E-state index contributed by atoms with van der Waals surface area (Å²) < 4.78 is 25.3. The molecule has 0 aliphatic heterocycles. The second-order valence-corrected chi connectivity index (χ2v) is 7.14. The average Bonchev–Trinajstić information content (AvgIpc) is 3.14. The van der Waals surface area contributed by atoms with Crippen LogP contribution in [0.2, 0.25) is 0 Å². The van der Waals surface area contributed by atoms with Gasteiger partial charge in [0.2, 0.25) is 10.0 Å². The van der Waals surface area contributed by atoms with Crippen molar-refractivity contribution in [2.24, 2.45) is 0 Å². The van der Waals surface area contributed by atoms with Crippen LogP contribution < -0.4 is 15.5 Å². The molecule has 0 aromatic heterocycles. The number of anilines is 1. The summed E-state index contributed by atoms with van der Waals surface area (Å²) in [7, 11) is -0.819. The Hall–Kier alpha value is -1.68. The van der Waals surface area contributed by atoms with Gasteiger partial charge in [0.1, 0.15) is 0 Å². The lowest BCUT2D eigenvalue weighted by molar-refractivity contribution is -0.129. The maximum atomic E-state index is 11.6. The second kappa shape index (κ2) is 13.5. The molecule has 0 heterocycles. The summed E-state index contributed by atoms with van der Waals surface area (Å²) in [5.41, 5.74) is 2.67. The zero-order valence-electron chi connectivity index (χ0n) is 15.9. The van der Waals surface area contributed by atoms with Crippen LogP contribution >= 0.6 is 0 Å². The van der Waals surface area contributed by atoms with Crippen molar-refractivity contribution in [2.45, 2.75) is 50.5 Å². The molecule has 1 aliphatic rings. The van der Waals surface area contributed by atoms with E-state index >= 15 is 0 Å². The molecule has 26 heavy (non-hydrogen) atoms. The van der Waals surface area contributed by atoms with E-state index < -0.39 is 10.0 Å². The molecule has 1 aromatic carbocycles. The van der Waals surface area contributed by atoms with Crippen molar-refractivity contribution in [1.29, 1.82) is 0 Å². The van der Waals surface area contributed by atoms with Crippen molar-refractivity contribution < 1.29 is 23.2 Å². The van der Waals surface area contributed by atoms with Crippen molar-refractivity contribution in [1.82, 2.24) is 10.2 Å². The minimum Gasteiger partial charge on any atom is -0.393 e. The van der Waals surface area contributed by atoms with Gasteiger partial charge in [-0.25, -0.2) is 18.6 Å². The number of sulfonamides is 1. The van der Waals surface area contributed by atoms with Gasteiger partial charge in [0.25, 0.3) is 5.91 Å². The Balaban J connectivity index is 0.000000648. The Morgan fingerprint density at radius 2 is 1.88 bits per heavy atom. The summed E-state index contributed by atoms with van der Waals surface area (Å²) in [6.07, 6.45) is 4.60. The molecule has 0 atom stereocenters. The second-order valence-electron chi connectivity index (χ2n) is 5.26. The fourth-order valence-electron chi connectivity index (χ4n) is 2.13. The lowest BCUT2D eigenvalue weighted by Gasteiger charge is -2.08. The molecule has 1 saturated carbocycles. The summed E-state index contributed by atoms with van der Waals surface area (Å²) in [6.45, 7) is 3.98. The first-order valence-electron chi connectivity index (χ1n) is 8.66. The van der Waals surface area contributed by atoms with Crippen molar-refractivity contribution in [3.63, 3.8) is 0 Å². The highest BCUT2D eigenvalue weighted by molar-refractivity contribution is 7.89. The molecule has 0 unspecified atom stereocenters. The third-order valence-electron chi connectivity index (χ3n) is 3.41. The zero-order valence-corrected chi connectivity index (χ0v) is 16.7. The number of carbonyl (C=O) groups is 1. The van der Waals surface area contributed by atoms with E-state index in [4.69, 9.17) is 5.11 Å². The van der Waals surface area contributed by atoms with E-state index in [0.29, 0.717) is 5.69 Å². The zero-order chi connectivity index (χ0) is 20.0. The van der Waals surface area contributed by atoms with Gasteiger partial charge in [-0.05, 0) is 38.1 Å². The lowest BCUT2D eigenvalue weighted by atomic mass is 10.3. The Morgan fingerprint density at radius 3 is 2.35 bits per heavy atom. The highest BCUT2D eigenvalue weighted by Gasteiger charge is 2.11. The molecule has 9 heteroatoms. The summed E-state index contributed by atoms with van der Waals surface area (Å²) in [6, 6.07) is 6.15. The van der Waals surface area contributed by atoms with Gasteiger partial charge in [0, 0.05) is 5.69 Å². The summed E-state index contributed by atoms with van der Waals surface area (Å²) >= 11 is 0. The van der Waals surface area contributed by atoms with E-state index in [2.05, 4.69) is 20.4 Å². The smallest absolute Gasteiger partial charge is 0.262 e. The van der Waals surface area contributed by atoms with Crippen LogP contribution in [0.15, 0.2) is 29.2 Å². The third kappa shape index (κ3) is 9.71. The number of amides is 1. The predicted octanol–water partition coefficient (Wildman–Crippen LogP) is 1.63. The minimum absolute atomic E-state index is 0.0170. The molecule has 1 amide bonds. The molecule has 8 nitrogen and oxygen atoms in total. The molecule has 1 aromatic rings. The van der Waals surface area contributed by atoms with E-state index in [1.165, 1.54) is 39.1 Å². The van der Waals surface area contributed by atoms with Crippen LogP contribution in [0.3, 0.4) is 0 Å². The summed E-state index contributed by atoms with van der Waals surface area (Å²) in [5.74, 6) is -0.362. The Morgan fingerprint density at radius 1 is 1.27 bits per heavy atom. The standard InChI is InChI=1S/C10H15N3O4S.C5H10O.C2H6/c1-11-18(15,16)9-5-3-4-8(6-9)12-7-10(14)13-17-2;6-5-3-1-2-4-5;1-2/h3-6,11-12H,7H2,1-2H3,(H,13,14);5-6H,1-4H2;1-2H3. The monoisotopic (exact) mass is 389 g/mol. The molecule has 150 valence electrons. The van der Waals surface area contributed by atoms with Gasteiger partial charge in [-0.1, -0.05) is 32.8 Å². The fourth-order valence-corrected chi connectivity index (χ4v) is 2.90. The largest absolute Gasteiger partial charge is 0.393 e. The number of hydroxylamine groups is 1. The predicted molar refractivity (Wildman–Crippen MR) is 102 cm³/mol. The van der Waals surface area contributed by atoms with E-state index in [1.54, 1.807) is 12.1 Å². The van der Waals surface area contributed by atoms with Crippen molar-refractivity contribution in [2.75, 3.05) is 26.0 Å². The van der Waals surface area contributed by atoms with Crippen LogP contribution in [-0.4, -0.2) is 46.2 Å². The van der Waals surface area contributed by atoms with E-state index in [9.17, 15) is 13.2 Å². The molecule has 0 saturated heterocycles. The molecule has 1 fully saturated rings. The first-order chi connectivity index (χ1) is 12.4. The van der Waals surface area contributed by atoms with Crippen LogP contribution in [-0.2, 0) is 19.7 Å². The normalized spacial score (nSPS) is 13.7. The molecule has 4 N–H and O–H groups in total. The SMILES string of the molecule is CC.CNS(=O)(=O)c1cccc(NCC(=O)NOC)c1.OC1CCCC1. The van der Waals surface area contributed by atoms with E-state index in [-0.39, 0.29) is 23.5 Å². The molecule has 2 rings (SSSR count). The number of hydrogen-bond acceptors (Lipinski definition) is 6. The topological polar surface area (TPSA) is 117 Å². The number of aliphatic hydroxyl groups is 1. The number of aliphatic hydroxyl groups excluding tert-OH is 1. The molecule has 0 bridgehead atoms. The quantitative estimate of drug-likeness (QED) is 0.550. The third-order valence-corrected chi connectivity index (χ3v) is 4.82. The molecule has 0 spiro atoms. The maximum Gasteiger partial charge on any atom is 0.262 e. The molecule has 0 radical (unpaired) electrons. The van der Waals surface area contributed by atoms with Gasteiger partial charge >= 0.3 is 0 Å². The van der Waals surface area contributed by atoms with E-state index in [1.807, 2.05) is 13.8 Å². The molecule has 1 aliphatic carbocycles. The lowest BCUT2D eigenvalue weighted by Crippen LogP contribution is -2.28. The number of nitrogens with one attached hydrogen (secondary N) is 3. The summed E-state index contributed by atoms with van der Waals surface area (Å²) in [4.78, 5) is 15.7. The Bertz CT molecular complexity index is 617. The highest BCUT2D eigenvalue weighted by atomic mass is 32.2. The first kappa shape index (κ1) is 24.3. The minimum atomic E-state index is -3.48. The van der Waals surface area contributed by atoms with Crippen LogP contribution in [0.25, 0.3) is 0 Å². The van der Waals surface area contributed by atoms with Crippen molar-refractivity contribution >= 4 is 21.6 Å². The number of benzene rings is 1. The van der Waals surface area contributed by atoms with E-state index in [0.717, 1.165) is 12.8 Å². The average molecular weight is 390 g/mol. The maximum absolute atomic E-state index is 11.6. The van der Waals surface area contributed by atoms with Crippen molar-refractivity contribution in [3.05, 3.63) is 24.3 Å². The van der Waals surface area contributed by atoms with Crippen LogP contribution in [0.1, 0.15) is 39.5 Å². The summed E-state index contributed by atoms with van der Waals surface area (Å²) in [5, 5.41) is 11.5. The highest BCUT2D eigenvalue weighted by Crippen LogP contribution is 2.16. The van der Waals surface area contributed by atoms with Gasteiger partial charge in [0.15, 0.2) is 0 Å². The van der Waals surface area contributed by atoms with Gasteiger partial charge in [0.05, 0.1) is 24.7 Å². The number of hydrogen-bond donors (Lipinski definition) is 4. The van der Waals surface area contributed by atoms with Gasteiger partial charge in [-0.3, -0.25) is 9.63 Å². The number of rotatable bonds is 6. The number of carbonyl (C=O) groups excluding carboxylic acids is 1. The fraction of sp³-hybridized carbons (Fsp3) is 0.588. The van der Waals surface area contributed by atoms with Crippen molar-refractivity contribution in [3.8, 4) is 0 Å². The molecular formula is C17H31N3O5S.